The molecule has 0 N–H and O–H groups in total. The smallest absolute Gasteiger partial charge is 0.254 e. The molecule has 1 aromatic carbocycles. The van der Waals surface area contributed by atoms with Gasteiger partial charge in [0.15, 0.2) is 9.84 Å². The predicted molar refractivity (Wildman–Crippen MR) is 77.9 cm³/mol. The highest BCUT2D eigenvalue weighted by Gasteiger charge is 2.34. The van der Waals surface area contributed by atoms with E-state index < -0.39 is 9.84 Å². The summed E-state index contributed by atoms with van der Waals surface area (Å²) in [5, 5.41) is 0. The number of carbonyl (C=O) groups is 1. The minimum absolute atomic E-state index is 0.0864. The van der Waals surface area contributed by atoms with Gasteiger partial charge in [0.05, 0.1) is 11.5 Å². The first kappa shape index (κ1) is 14.5. The van der Waals surface area contributed by atoms with E-state index in [4.69, 9.17) is 0 Å². The normalized spacial score (nSPS) is 21.3. The van der Waals surface area contributed by atoms with Crippen LogP contribution in [0.3, 0.4) is 0 Å². The van der Waals surface area contributed by atoms with Gasteiger partial charge in [0.1, 0.15) is 0 Å². The van der Waals surface area contributed by atoms with Crippen LogP contribution in [0.2, 0.25) is 0 Å². The second kappa shape index (κ2) is 5.63. The van der Waals surface area contributed by atoms with Gasteiger partial charge < -0.3 is 4.90 Å². The second-order valence-electron chi connectivity index (χ2n) is 4.65. The van der Waals surface area contributed by atoms with Crippen LogP contribution in [0.25, 0.3) is 0 Å². The molecule has 0 aliphatic carbocycles. The van der Waals surface area contributed by atoms with Gasteiger partial charge in [-0.15, -0.1) is 0 Å². The number of rotatable bonds is 3. The lowest BCUT2D eigenvalue weighted by molar-refractivity contribution is 0.0708. The van der Waals surface area contributed by atoms with Crippen LogP contribution in [0, 0.1) is 0 Å². The third kappa shape index (κ3) is 3.36. The lowest BCUT2D eigenvalue weighted by atomic mass is 10.1. The van der Waals surface area contributed by atoms with Gasteiger partial charge in [-0.2, -0.15) is 0 Å². The van der Waals surface area contributed by atoms with E-state index in [9.17, 15) is 13.2 Å². The zero-order chi connectivity index (χ0) is 14.0. The SMILES string of the molecule is CCN(C(=O)c1ccc(Br)cc1)[C@@H]1CCS(=O)(=O)C1. The van der Waals surface area contributed by atoms with Crippen molar-refractivity contribution in [2.45, 2.75) is 19.4 Å². The Labute approximate surface area is 121 Å². The van der Waals surface area contributed by atoms with Crippen LogP contribution in [0.1, 0.15) is 23.7 Å². The number of amides is 1. The van der Waals surface area contributed by atoms with Crippen molar-refractivity contribution in [3.63, 3.8) is 0 Å². The van der Waals surface area contributed by atoms with Crippen molar-refractivity contribution in [1.29, 1.82) is 0 Å². The first-order valence-corrected chi connectivity index (χ1v) is 8.81. The van der Waals surface area contributed by atoms with Gasteiger partial charge in [0.2, 0.25) is 0 Å². The highest BCUT2D eigenvalue weighted by molar-refractivity contribution is 9.10. The van der Waals surface area contributed by atoms with E-state index in [1.54, 1.807) is 17.0 Å². The Morgan fingerprint density at radius 1 is 1.37 bits per heavy atom. The van der Waals surface area contributed by atoms with Crippen molar-refractivity contribution in [2.75, 3.05) is 18.1 Å². The molecule has 1 aliphatic heterocycles. The zero-order valence-corrected chi connectivity index (χ0v) is 13.1. The molecule has 1 aromatic rings. The Morgan fingerprint density at radius 3 is 2.47 bits per heavy atom. The fraction of sp³-hybridized carbons (Fsp3) is 0.462. The van der Waals surface area contributed by atoms with Gasteiger partial charge in [0.25, 0.3) is 5.91 Å². The molecule has 1 fully saturated rings. The van der Waals surface area contributed by atoms with Gasteiger partial charge in [0, 0.05) is 22.6 Å². The van der Waals surface area contributed by atoms with Crippen LogP contribution in [0.15, 0.2) is 28.7 Å². The molecule has 0 saturated carbocycles. The quantitative estimate of drug-likeness (QED) is 0.842. The minimum atomic E-state index is -2.97. The van der Waals surface area contributed by atoms with Crippen molar-refractivity contribution in [2.24, 2.45) is 0 Å². The maximum Gasteiger partial charge on any atom is 0.254 e. The fourth-order valence-corrected chi connectivity index (χ4v) is 4.34. The molecular formula is C13H16BrNO3S. The Morgan fingerprint density at radius 2 is 2.00 bits per heavy atom. The Kier molecular flexibility index (Phi) is 4.30. The van der Waals surface area contributed by atoms with Crippen LogP contribution < -0.4 is 0 Å². The summed E-state index contributed by atoms with van der Waals surface area (Å²) in [6.07, 6.45) is 0.540. The average Bonchev–Trinajstić information content (AvgIpc) is 2.71. The lowest BCUT2D eigenvalue weighted by Gasteiger charge is -2.26. The summed E-state index contributed by atoms with van der Waals surface area (Å²) in [5.41, 5.74) is 0.592. The third-order valence-electron chi connectivity index (χ3n) is 3.34. The molecule has 0 unspecified atom stereocenters. The van der Waals surface area contributed by atoms with Crippen LogP contribution in [0.4, 0.5) is 0 Å². The molecule has 0 spiro atoms. The maximum atomic E-state index is 12.4. The van der Waals surface area contributed by atoms with E-state index in [2.05, 4.69) is 15.9 Å². The monoisotopic (exact) mass is 345 g/mol. The summed E-state index contributed by atoms with van der Waals surface area (Å²) in [6.45, 7) is 2.40. The van der Waals surface area contributed by atoms with E-state index in [1.807, 2.05) is 19.1 Å². The van der Waals surface area contributed by atoms with E-state index in [-0.39, 0.29) is 23.5 Å². The molecule has 1 heterocycles. The van der Waals surface area contributed by atoms with Crippen LogP contribution >= 0.6 is 15.9 Å². The number of hydrogen-bond donors (Lipinski definition) is 0. The molecule has 2 rings (SSSR count). The van der Waals surface area contributed by atoms with Gasteiger partial charge in [-0.05, 0) is 37.6 Å². The molecular weight excluding hydrogens is 330 g/mol. The van der Waals surface area contributed by atoms with Crippen molar-refractivity contribution in [3.05, 3.63) is 34.3 Å². The zero-order valence-electron chi connectivity index (χ0n) is 10.7. The highest BCUT2D eigenvalue weighted by atomic mass is 79.9. The van der Waals surface area contributed by atoms with Crippen molar-refractivity contribution in [1.82, 2.24) is 4.90 Å². The molecule has 104 valence electrons. The summed E-state index contributed by atoms with van der Waals surface area (Å²) in [4.78, 5) is 14.1. The first-order chi connectivity index (χ1) is 8.93. The molecule has 1 amide bonds. The number of nitrogens with zero attached hydrogens (tertiary/aromatic N) is 1. The molecule has 1 saturated heterocycles. The van der Waals surface area contributed by atoms with E-state index in [1.165, 1.54) is 0 Å². The van der Waals surface area contributed by atoms with Gasteiger partial charge in [-0.25, -0.2) is 8.42 Å². The maximum absolute atomic E-state index is 12.4. The number of carbonyl (C=O) groups excluding carboxylic acids is 1. The number of benzene rings is 1. The van der Waals surface area contributed by atoms with Gasteiger partial charge in [-0.1, -0.05) is 15.9 Å². The Balaban J connectivity index is 2.18. The van der Waals surface area contributed by atoms with E-state index in [0.29, 0.717) is 18.5 Å². The van der Waals surface area contributed by atoms with E-state index in [0.717, 1.165) is 4.47 Å². The number of hydrogen-bond acceptors (Lipinski definition) is 3. The Bertz CT molecular complexity index is 568. The summed E-state index contributed by atoms with van der Waals surface area (Å²) in [5.74, 6) is 0.169. The summed E-state index contributed by atoms with van der Waals surface area (Å²) in [6, 6.07) is 6.93. The predicted octanol–water partition coefficient (Wildman–Crippen LogP) is 2.10. The summed E-state index contributed by atoms with van der Waals surface area (Å²) < 4.78 is 24.0. The topological polar surface area (TPSA) is 54.5 Å². The van der Waals surface area contributed by atoms with Gasteiger partial charge in [-0.3, -0.25) is 4.79 Å². The Hall–Kier alpha value is -0.880. The molecule has 0 radical (unpaired) electrons. The lowest BCUT2D eigenvalue weighted by Crippen LogP contribution is -2.40. The van der Waals surface area contributed by atoms with Crippen molar-refractivity contribution < 1.29 is 13.2 Å². The second-order valence-corrected chi connectivity index (χ2v) is 7.80. The van der Waals surface area contributed by atoms with Crippen LogP contribution in [-0.4, -0.2) is 43.3 Å². The third-order valence-corrected chi connectivity index (χ3v) is 5.62. The average molecular weight is 346 g/mol. The minimum Gasteiger partial charge on any atom is -0.335 e. The highest BCUT2D eigenvalue weighted by Crippen LogP contribution is 2.20. The molecule has 1 atom stereocenters. The van der Waals surface area contributed by atoms with Crippen molar-refractivity contribution >= 4 is 31.7 Å². The molecule has 19 heavy (non-hydrogen) atoms. The number of halogens is 1. The molecule has 6 heteroatoms. The van der Waals surface area contributed by atoms with E-state index >= 15 is 0 Å². The molecule has 0 bridgehead atoms. The fourth-order valence-electron chi connectivity index (χ4n) is 2.35. The number of sulfone groups is 1. The summed E-state index contributed by atoms with van der Waals surface area (Å²) in [7, 11) is -2.97. The van der Waals surface area contributed by atoms with Gasteiger partial charge >= 0.3 is 0 Å². The standard InChI is InChI=1S/C13H16BrNO3S/c1-2-15(12-7-8-19(17,18)9-12)13(16)10-3-5-11(14)6-4-10/h3-6,12H,2,7-9H2,1H3/t12-/m1/s1. The first-order valence-electron chi connectivity index (χ1n) is 6.20. The molecule has 0 aromatic heterocycles. The molecule has 1 aliphatic rings. The van der Waals surface area contributed by atoms with Crippen LogP contribution in [-0.2, 0) is 9.84 Å². The largest absolute Gasteiger partial charge is 0.335 e. The summed E-state index contributed by atoms with van der Waals surface area (Å²) >= 11 is 3.33. The van der Waals surface area contributed by atoms with Crippen LogP contribution in [0.5, 0.6) is 0 Å². The van der Waals surface area contributed by atoms with Crippen molar-refractivity contribution in [3.8, 4) is 0 Å². The molecule has 4 nitrogen and oxygen atoms in total.